The molecule has 0 radical (unpaired) electrons. The van der Waals surface area contributed by atoms with Crippen LogP contribution in [0.5, 0.6) is 11.5 Å². The smallest absolute Gasteiger partial charge is 0.180 e. The van der Waals surface area contributed by atoms with Gasteiger partial charge in [0.2, 0.25) is 0 Å². The van der Waals surface area contributed by atoms with Gasteiger partial charge in [-0.2, -0.15) is 0 Å². The van der Waals surface area contributed by atoms with E-state index in [2.05, 4.69) is 11.4 Å². The van der Waals surface area contributed by atoms with Crippen LogP contribution < -0.4 is 14.8 Å². The van der Waals surface area contributed by atoms with E-state index in [0.29, 0.717) is 28.6 Å². The number of hydrogen-bond acceptors (Lipinski definition) is 3. The zero-order valence-corrected chi connectivity index (χ0v) is 16.0. The number of methoxy groups -OCH3 is 1. The van der Waals surface area contributed by atoms with Crippen molar-refractivity contribution in [3.05, 3.63) is 88.2 Å². The van der Waals surface area contributed by atoms with Crippen LogP contribution in [0.2, 0.25) is 5.02 Å². The summed E-state index contributed by atoms with van der Waals surface area (Å²) in [4.78, 5) is 0. The molecule has 5 heteroatoms. The Hall–Kier alpha value is -2.72. The van der Waals surface area contributed by atoms with Gasteiger partial charge < -0.3 is 14.8 Å². The maximum atomic E-state index is 13.8. The minimum atomic E-state index is -0.313. The highest BCUT2D eigenvalue weighted by Gasteiger charge is 2.13. The number of anilines is 1. The van der Waals surface area contributed by atoms with Crippen LogP contribution in [0.1, 0.15) is 16.7 Å². The Bertz CT molecular complexity index is 930. The summed E-state index contributed by atoms with van der Waals surface area (Å²) in [6.45, 7) is 2.71. The number of hydrogen-bond donors (Lipinski definition) is 1. The van der Waals surface area contributed by atoms with E-state index in [4.69, 9.17) is 21.1 Å². The molecule has 1 N–H and O–H groups in total. The molecule has 27 heavy (non-hydrogen) atoms. The number of halogens is 2. The molecule has 0 spiro atoms. The molecule has 0 aromatic heterocycles. The Balaban J connectivity index is 1.73. The van der Waals surface area contributed by atoms with Crippen molar-refractivity contribution >= 4 is 17.3 Å². The molecule has 140 valence electrons. The third-order valence-corrected chi connectivity index (χ3v) is 4.41. The van der Waals surface area contributed by atoms with E-state index in [1.54, 1.807) is 25.3 Å². The van der Waals surface area contributed by atoms with E-state index in [-0.39, 0.29) is 12.4 Å². The molecule has 0 atom stereocenters. The first-order chi connectivity index (χ1) is 13.1. The lowest BCUT2D eigenvalue weighted by molar-refractivity contribution is 0.280. The molecule has 3 aromatic carbocycles. The van der Waals surface area contributed by atoms with Gasteiger partial charge in [-0.15, -0.1) is 0 Å². The minimum Gasteiger partial charge on any atom is -0.493 e. The van der Waals surface area contributed by atoms with Crippen LogP contribution in [-0.2, 0) is 13.2 Å². The van der Waals surface area contributed by atoms with Crippen molar-refractivity contribution in [2.45, 2.75) is 20.1 Å². The average Bonchev–Trinajstić information content (AvgIpc) is 2.66. The number of nitrogens with one attached hydrogen (secondary N) is 1. The Morgan fingerprint density at radius 1 is 1.04 bits per heavy atom. The van der Waals surface area contributed by atoms with Gasteiger partial charge in [0.1, 0.15) is 12.4 Å². The van der Waals surface area contributed by atoms with Gasteiger partial charge >= 0.3 is 0 Å². The number of aryl methyl sites for hydroxylation is 1. The van der Waals surface area contributed by atoms with Gasteiger partial charge in [-0.25, -0.2) is 4.39 Å². The second-order valence-electron chi connectivity index (χ2n) is 6.21. The lowest BCUT2D eigenvalue weighted by Gasteiger charge is -2.15. The Labute approximate surface area is 163 Å². The van der Waals surface area contributed by atoms with E-state index in [9.17, 15) is 4.39 Å². The Morgan fingerprint density at radius 2 is 1.85 bits per heavy atom. The monoisotopic (exact) mass is 385 g/mol. The van der Waals surface area contributed by atoms with Gasteiger partial charge in [-0.05, 0) is 48.4 Å². The van der Waals surface area contributed by atoms with E-state index in [0.717, 1.165) is 11.3 Å². The minimum absolute atomic E-state index is 0.0731. The van der Waals surface area contributed by atoms with E-state index in [1.165, 1.54) is 11.6 Å². The van der Waals surface area contributed by atoms with E-state index >= 15 is 0 Å². The third kappa shape index (κ3) is 4.92. The maximum Gasteiger partial charge on any atom is 0.180 e. The zero-order chi connectivity index (χ0) is 19.2. The van der Waals surface area contributed by atoms with Crippen molar-refractivity contribution in [3.8, 4) is 11.5 Å². The first-order valence-electron chi connectivity index (χ1n) is 8.60. The lowest BCUT2D eigenvalue weighted by atomic mass is 10.1. The molecule has 3 nitrogen and oxygen atoms in total. The molecule has 0 aliphatic carbocycles. The van der Waals surface area contributed by atoms with Gasteiger partial charge in [0.05, 0.1) is 12.1 Å². The summed E-state index contributed by atoms with van der Waals surface area (Å²) in [6.07, 6.45) is 0. The van der Waals surface area contributed by atoms with Gasteiger partial charge in [-0.1, -0.05) is 41.9 Å². The van der Waals surface area contributed by atoms with Gasteiger partial charge in [-0.3, -0.25) is 0 Å². The summed E-state index contributed by atoms with van der Waals surface area (Å²) in [5.41, 5.74) is 3.63. The molecule has 0 aliphatic rings. The maximum absolute atomic E-state index is 13.8. The molecule has 0 unspecified atom stereocenters. The van der Waals surface area contributed by atoms with Gasteiger partial charge in [0.25, 0.3) is 0 Å². The molecule has 0 bridgehead atoms. The predicted molar refractivity (Wildman–Crippen MR) is 107 cm³/mol. The van der Waals surface area contributed by atoms with Gasteiger partial charge in [0, 0.05) is 17.8 Å². The molecule has 3 aromatic rings. The average molecular weight is 386 g/mol. The lowest BCUT2D eigenvalue weighted by Crippen LogP contribution is -2.03. The fourth-order valence-electron chi connectivity index (χ4n) is 2.74. The summed E-state index contributed by atoms with van der Waals surface area (Å²) in [5.74, 6) is 0.605. The fourth-order valence-corrected chi connectivity index (χ4v) is 3.03. The molecular formula is C22H21ClFNO2. The van der Waals surface area contributed by atoms with Gasteiger partial charge in [0.15, 0.2) is 11.5 Å². The van der Waals surface area contributed by atoms with Crippen molar-refractivity contribution in [2.75, 3.05) is 12.4 Å². The van der Waals surface area contributed by atoms with Crippen LogP contribution in [0, 0.1) is 12.7 Å². The normalized spacial score (nSPS) is 10.5. The highest BCUT2D eigenvalue weighted by molar-refractivity contribution is 6.32. The summed E-state index contributed by atoms with van der Waals surface area (Å²) in [6, 6.07) is 18.3. The summed E-state index contributed by atoms with van der Waals surface area (Å²) < 4.78 is 24.9. The number of ether oxygens (including phenoxy) is 2. The second-order valence-corrected chi connectivity index (χ2v) is 6.62. The largest absolute Gasteiger partial charge is 0.493 e. The highest BCUT2D eigenvalue weighted by atomic mass is 35.5. The van der Waals surface area contributed by atoms with Crippen LogP contribution >= 0.6 is 11.6 Å². The number of rotatable bonds is 7. The topological polar surface area (TPSA) is 30.5 Å². The summed E-state index contributed by atoms with van der Waals surface area (Å²) >= 11 is 6.40. The predicted octanol–water partition coefficient (Wildman–Crippen LogP) is 5.99. The molecule has 0 aliphatic heterocycles. The Kier molecular flexibility index (Phi) is 6.20. The van der Waals surface area contributed by atoms with E-state index < -0.39 is 0 Å². The second kappa shape index (κ2) is 8.78. The Morgan fingerprint density at radius 3 is 2.59 bits per heavy atom. The molecule has 0 amide bonds. The van der Waals surface area contributed by atoms with E-state index in [1.807, 2.05) is 37.3 Å². The fraction of sp³-hybridized carbons (Fsp3) is 0.182. The first kappa shape index (κ1) is 19.1. The zero-order valence-electron chi connectivity index (χ0n) is 15.3. The molecule has 0 fully saturated rings. The highest BCUT2D eigenvalue weighted by Crippen LogP contribution is 2.37. The van der Waals surface area contributed by atoms with Crippen LogP contribution in [-0.4, -0.2) is 7.11 Å². The van der Waals surface area contributed by atoms with Crippen LogP contribution in [0.15, 0.2) is 60.7 Å². The molecule has 3 rings (SSSR count). The number of benzene rings is 3. The van der Waals surface area contributed by atoms with Crippen molar-refractivity contribution in [3.63, 3.8) is 0 Å². The third-order valence-electron chi connectivity index (χ3n) is 4.13. The summed E-state index contributed by atoms with van der Waals surface area (Å²) in [5, 5.41) is 3.78. The first-order valence-corrected chi connectivity index (χ1v) is 8.98. The van der Waals surface area contributed by atoms with Crippen LogP contribution in [0.25, 0.3) is 0 Å². The van der Waals surface area contributed by atoms with Crippen LogP contribution in [0.4, 0.5) is 10.1 Å². The van der Waals surface area contributed by atoms with Crippen molar-refractivity contribution in [2.24, 2.45) is 0 Å². The van der Waals surface area contributed by atoms with Crippen molar-refractivity contribution < 1.29 is 13.9 Å². The molecule has 0 saturated heterocycles. The standard InChI is InChI=1S/C22H21ClFNO2/c1-15-6-5-8-18(10-15)25-13-16-11-19(23)22(21(12-16)26-2)27-14-17-7-3-4-9-20(17)24/h3-12,25H,13-14H2,1-2H3. The summed E-state index contributed by atoms with van der Waals surface area (Å²) in [7, 11) is 1.55. The van der Waals surface area contributed by atoms with Crippen molar-refractivity contribution in [1.82, 2.24) is 0 Å². The molecular weight excluding hydrogens is 365 g/mol. The SMILES string of the molecule is COc1cc(CNc2cccc(C)c2)cc(Cl)c1OCc1ccccc1F. The quantitative estimate of drug-likeness (QED) is 0.542. The molecule has 0 heterocycles. The van der Waals surface area contributed by atoms with Crippen molar-refractivity contribution in [1.29, 1.82) is 0 Å². The molecule has 0 saturated carbocycles. The van der Waals surface area contributed by atoms with Crippen LogP contribution in [0.3, 0.4) is 0 Å².